The van der Waals surface area contributed by atoms with Gasteiger partial charge in [0.2, 0.25) is 0 Å². The Morgan fingerprint density at radius 3 is 2.87 bits per heavy atom. The Morgan fingerprint density at radius 2 is 2.20 bits per heavy atom. The highest BCUT2D eigenvalue weighted by Crippen LogP contribution is 2.39. The maximum atomic E-state index is 6.15. The highest BCUT2D eigenvalue weighted by molar-refractivity contribution is 14.1. The van der Waals surface area contributed by atoms with E-state index in [1.54, 1.807) is 0 Å². The van der Waals surface area contributed by atoms with E-state index < -0.39 is 0 Å². The zero-order valence-corrected chi connectivity index (χ0v) is 11.2. The van der Waals surface area contributed by atoms with Gasteiger partial charge in [-0.3, -0.25) is 0 Å². The molecule has 0 N–H and O–H groups in total. The van der Waals surface area contributed by atoms with Gasteiger partial charge in [-0.1, -0.05) is 11.6 Å². The molecule has 1 aromatic heterocycles. The molecule has 2 aromatic rings. The third kappa shape index (κ3) is 1.56. The molecule has 1 heterocycles. The second-order valence-corrected chi connectivity index (χ2v) is 5.58. The number of halogens is 2. The SMILES string of the molecule is Cc1nc2cc(I)c(Cl)cc2n1C1CC1. The molecule has 78 valence electrons. The van der Waals surface area contributed by atoms with E-state index in [9.17, 15) is 0 Å². The van der Waals surface area contributed by atoms with Crippen molar-refractivity contribution in [2.24, 2.45) is 0 Å². The number of aromatic nitrogens is 2. The Balaban J connectivity index is 2.34. The molecule has 0 radical (unpaired) electrons. The van der Waals surface area contributed by atoms with Crippen LogP contribution in [0.2, 0.25) is 5.02 Å². The number of fused-ring (bicyclic) bond motifs is 1. The fourth-order valence-electron chi connectivity index (χ4n) is 2.00. The molecule has 1 saturated carbocycles. The van der Waals surface area contributed by atoms with Crippen LogP contribution in [0.25, 0.3) is 11.0 Å². The molecule has 1 aliphatic rings. The Bertz CT molecular complexity index is 543. The average molecular weight is 333 g/mol. The molecule has 1 aromatic carbocycles. The molecule has 0 unspecified atom stereocenters. The standard InChI is InChI=1S/C11H10ClIN2/c1-6-14-10-5-9(13)8(12)4-11(10)15(6)7-2-3-7/h4-5,7H,2-3H2,1H3. The first-order chi connectivity index (χ1) is 7.16. The van der Waals surface area contributed by atoms with E-state index >= 15 is 0 Å². The minimum absolute atomic E-state index is 0.658. The van der Waals surface area contributed by atoms with Crippen molar-refractivity contribution in [3.8, 4) is 0 Å². The third-order valence-corrected chi connectivity index (χ3v) is 4.34. The van der Waals surface area contributed by atoms with Crippen LogP contribution in [0.15, 0.2) is 12.1 Å². The van der Waals surface area contributed by atoms with Gasteiger partial charge in [-0.05, 0) is 54.5 Å². The minimum atomic E-state index is 0.658. The first kappa shape index (κ1) is 9.90. The predicted molar refractivity (Wildman–Crippen MR) is 70.5 cm³/mol. The summed E-state index contributed by atoms with van der Waals surface area (Å²) in [6.07, 6.45) is 2.55. The Hall–Kier alpha value is -0.290. The molecule has 0 spiro atoms. The van der Waals surface area contributed by atoms with Gasteiger partial charge >= 0.3 is 0 Å². The van der Waals surface area contributed by atoms with Crippen molar-refractivity contribution in [3.63, 3.8) is 0 Å². The quantitative estimate of drug-likeness (QED) is 0.723. The fourth-order valence-corrected chi connectivity index (χ4v) is 2.61. The van der Waals surface area contributed by atoms with Crippen LogP contribution in [0, 0.1) is 10.5 Å². The molecule has 0 atom stereocenters. The van der Waals surface area contributed by atoms with Crippen LogP contribution in [0.4, 0.5) is 0 Å². The molecule has 0 aliphatic heterocycles. The Morgan fingerprint density at radius 1 is 1.47 bits per heavy atom. The molecule has 1 aliphatic carbocycles. The van der Waals surface area contributed by atoms with Crippen molar-refractivity contribution in [1.29, 1.82) is 0 Å². The molecule has 2 nitrogen and oxygen atoms in total. The predicted octanol–water partition coefficient (Wildman–Crippen LogP) is 3.94. The van der Waals surface area contributed by atoms with E-state index in [0.717, 1.165) is 19.9 Å². The summed E-state index contributed by atoms with van der Waals surface area (Å²) in [4.78, 5) is 4.58. The van der Waals surface area contributed by atoms with Gasteiger partial charge in [-0.2, -0.15) is 0 Å². The molecule has 1 fully saturated rings. The number of hydrogen-bond donors (Lipinski definition) is 0. The van der Waals surface area contributed by atoms with Gasteiger partial charge in [0, 0.05) is 9.61 Å². The molecule has 3 rings (SSSR count). The van der Waals surface area contributed by atoms with Gasteiger partial charge in [-0.25, -0.2) is 4.98 Å². The van der Waals surface area contributed by atoms with Gasteiger partial charge in [0.25, 0.3) is 0 Å². The van der Waals surface area contributed by atoms with Gasteiger partial charge in [0.05, 0.1) is 16.1 Å². The number of imidazole rings is 1. The van der Waals surface area contributed by atoms with E-state index in [-0.39, 0.29) is 0 Å². The largest absolute Gasteiger partial charge is 0.325 e. The third-order valence-electron chi connectivity index (χ3n) is 2.82. The number of benzene rings is 1. The summed E-state index contributed by atoms with van der Waals surface area (Å²) in [5.74, 6) is 1.10. The number of aryl methyl sites for hydroxylation is 1. The van der Waals surface area contributed by atoms with Crippen molar-refractivity contribution in [1.82, 2.24) is 9.55 Å². The van der Waals surface area contributed by atoms with Gasteiger partial charge < -0.3 is 4.57 Å². The number of rotatable bonds is 1. The van der Waals surface area contributed by atoms with E-state index in [1.807, 2.05) is 6.07 Å². The van der Waals surface area contributed by atoms with Crippen LogP contribution >= 0.6 is 34.2 Å². The summed E-state index contributed by atoms with van der Waals surface area (Å²) in [5.41, 5.74) is 2.24. The summed E-state index contributed by atoms with van der Waals surface area (Å²) in [6.45, 7) is 2.07. The lowest BCUT2D eigenvalue weighted by Crippen LogP contribution is -1.96. The van der Waals surface area contributed by atoms with E-state index in [2.05, 4.69) is 45.1 Å². The number of hydrogen-bond acceptors (Lipinski definition) is 1. The van der Waals surface area contributed by atoms with Crippen molar-refractivity contribution in [2.75, 3.05) is 0 Å². The van der Waals surface area contributed by atoms with Crippen molar-refractivity contribution >= 4 is 45.2 Å². The Labute approximate surface area is 107 Å². The highest BCUT2D eigenvalue weighted by Gasteiger charge is 2.27. The van der Waals surface area contributed by atoms with Crippen molar-refractivity contribution in [3.05, 3.63) is 26.5 Å². The molecule has 0 amide bonds. The van der Waals surface area contributed by atoms with Crippen LogP contribution in [-0.4, -0.2) is 9.55 Å². The second-order valence-electron chi connectivity index (χ2n) is 4.02. The highest BCUT2D eigenvalue weighted by atomic mass is 127. The van der Waals surface area contributed by atoms with Crippen LogP contribution in [0.1, 0.15) is 24.7 Å². The molecule has 0 bridgehead atoms. The van der Waals surface area contributed by atoms with Crippen molar-refractivity contribution in [2.45, 2.75) is 25.8 Å². The van der Waals surface area contributed by atoms with E-state index in [0.29, 0.717) is 6.04 Å². The monoisotopic (exact) mass is 332 g/mol. The Kier molecular flexibility index (Phi) is 2.21. The lowest BCUT2D eigenvalue weighted by molar-refractivity contribution is 0.734. The van der Waals surface area contributed by atoms with Crippen molar-refractivity contribution < 1.29 is 0 Å². The summed E-state index contributed by atoms with van der Waals surface area (Å²) in [5, 5.41) is 0.824. The summed E-state index contributed by atoms with van der Waals surface area (Å²) >= 11 is 8.39. The topological polar surface area (TPSA) is 17.8 Å². The molecule has 0 saturated heterocycles. The van der Waals surface area contributed by atoms with Crippen LogP contribution < -0.4 is 0 Å². The van der Waals surface area contributed by atoms with Gasteiger partial charge in [0.1, 0.15) is 5.82 Å². The summed E-state index contributed by atoms with van der Waals surface area (Å²) in [6, 6.07) is 4.76. The second kappa shape index (κ2) is 3.35. The van der Waals surface area contributed by atoms with E-state index in [4.69, 9.17) is 11.6 Å². The van der Waals surface area contributed by atoms with Crippen LogP contribution in [-0.2, 0) is 0 Å². The zero-order chi connectivity index (χ0) is 10.6. The molecule has 15 heavy (non-hydrogen) atoms. The fraction of sp³-hybridized carbons (Fsp3) is 0.364. The zero-order valence-electron chi connectivity index (χ0n) is 8.30. The van der Waals surface area contributed by atoms with Crippen LogP contribution in [0.3, 0.4) is 0 Å². The lowest BCUT2D eigenvalue weighted by Gasteiger charge is -2.04. The van der Waals surface area contributed by atoms with Crippen LogP contribution in [0.5, 0.6) is 0 Å². The van der Waals surface area contributed by atoms with E-state index in [1.165, 1.54) is 18.4 Å². The average Bonchev–Trinajstić information content (AvgIpc) is 2.93. The summed E-state index contributed by atoms with van der Waals surface area (Å²) in [7, 11) is 0. The maximum Gasteiger partial charge on any atom is 0.106 e. The summed E-state index contributed by atoms with van der Waals surface area (Å²) < 4.78 is 3.39. The smallest absolute Gasteiger partial charge is 0.106 e. The molecule has 4 heteroatoms. The normalized spacial score (nSPS) is 16.2. The molecular formula is C11H10ClIN2. The first-order valence-electron chi connectivity index (χ1n) is 5.00. The lowest BCUT2D eigenvalue weighted by atomic mass is 10.3. The number of nitrogens with zero attached hydrogens (tertiary/aromatic N) is 2. The first-order valence-corrected chi connectivity index (χ1v) is 6.46. The van der Waals surface area contributed by atoms with Gasteiger partial charge in [-0.15, -0.1) is 0 Å². The minimum Gasteiger partial charge on any atom is -0.325 e. The maximum absolute atomic E-state index is 6.15. The van der Waals surface area contributed by atoms with Gasteiger partial charge in [0.15, 0.2) is 0 Å². The molecular weight excluding hydrogens is 322 g/mol.